The molecule has 0 fully saturated rings. The number of hydrogen-bond donors (Lipinski definition) is 1. The molecule has 0 saturated heterocycles. The van der Waals surface area contributed by atoms with Crippen molar-refractivity contribution in [2.24, 2.45) is 5.73 Å². The number of nitrogens with two attached hydrogens (primary N) is 1. The maximum Gasteiger partial charge on any atom is 0.251 e. The first-order chi connectivity index (χ1) is 9.88. The summed E-state index contributed by atoms with van der Waals surface area (Å²) in [4.78, 5) is 11.9. The zero-order valence-corrected chi connectivity index (χ0v) is 12.7. The van der Waals surface area contributed by atoms with Gasteiger partial charge in [0.05, 0.1) is 5.60 Å². The summed E-state index contributed by atoms with van der Waals surface area (Å²) in [5, 5.41) is 0. The molecule has 21 heavy (non-hydrogen) atoms. The number of carbonyl (C=O) groups is 1. The van der Waals surface area contributed by atoms with Crippen LogP contribution in [0.25, 0.3) is 11.1 Å². The van der Waals surface area contributed by atoms with Gasteiger partial charge >= 0.3 is 0 Å². The van der Waals surface area contributed by atoms with Crippen molar-refractivity contribution in [3.05, 3.63) is 60.2 Å². The van der Waals surface area contributed by atoms with Crippen LogP contribution in [-0.4, -0.2) is 11.5 Å². The van der Waals surface area contributed by atoms with Gasteiger partial charge in [-0.3, -0.25) is 4.79 Å². The number of amides is 1. The highest BCUT2D eigenvalue weighted by atomic mass is 16.5. The minimum atomic E-state index is -0.763. The van der Waals surface area contributed by atoms with Crippen LogP contribution in [0.4, 0.5) is 0 Å². The molecule has 0 spiro atoms. The van der Waals surface area contributed by atoms with E-state index >= 15 is 0 Å². The molecular formula is C18H21NO2. The number of benzene rings is 2. The van der Waals surface area contributed by atoms with Crippen molar-refractivity contribution in [3.63, 3.8) is 0 Å². The Hall–Kier alpha value is -2.13. The van der Waals surface area contributed by atoms with Crippen LogP contribution in [-0.2, 0) is 9.53 Å². The Morgan fingerprint density at radius 2 is 1.57 bits per heavy atom. The van der Waals surface area contributed by atoms with Crippen molar-refractivity contribution >= 4 is 5.91 Å². The fourth-order valence-corrected chi connectivity index (χ4v) is 2.23. The summed E-state index contributed by atoms with van der Waals surface area (Å²) < 4.78 is 5.87. The molecule has 0 aromatic heterocycles. The van der Waals surface area contributed by atoms with Gasteiger partial charge in [-0.05, 0) is 37.5 Å². The molecule has 2 aromatic carbocycles. The van der Waals surface area contributed by atoms with Crippen LogP contribution >= 0.6 is 0 Å². The van der Waals surface area contributed by atoms with E-state index < -0.39 is 17.6 Å². The second-order valence-corrected chi connectivity index (χ2v) is 5.97. The quantitative estimate of drug-likeness (QED) is 0.930. The van der Waals surface area contributed by atoms with E-state index in [0.717, 1.165) is 16.7 Å². The molecule has 110 valence electrons. The second-order valence-electron chi connectivity index (χ2n) is 5.97. The SMILES string of the molecule is CC(C)(C)OC(C(N)=O)c1ccccc1-c1ccccc1. The highest BCUT2D eigenvalue weighted by Gasteiger charge is 2.27. The smallest absolute Gasteiger partial charge is 0.251 e. The van der Waals surface area contributed by atoms with E-state index in [-0.39, 0.29) is 0 Å². The summed E-state index contributed by atoms with van der Waals surface area (Å²) in [7, 11) is 0. The third kappa shape index (κ3) is 3.92. The Labute approximate surface area is 125 Å². The molecule has 1 amide bonds. The zero-order chi connectivity index (χ0) is 15.5. The summed E-state index contributed by atoms with van der Waals surface area (Å²) in [6, 6.07) is 17.6. The lowest BCUT2D eigenvalue weighted by atomic mass is 9.95. The van der Waals surface area contributed by atoms with E-state index in [1.54, 1.807) is 0 Å². The first-order valence-electron chi connectivity index (χ1n) is 7.00. The Balaban J connectivity index is 2.49. The van der Waals surface area contributed by atoms with Gasteiger partial charge < -0.3 is 10.5 Å². The maximum absolute atomic E-state index is 11.9. The average molecular weight is 283 g/mol. The summed E-state index contributed by atoms with van der Waals surface area (Å²) in [6.07, 6.45) is -0.763. The molecule has 0 aliphatic heterocycles. The van der Waals surface area contributed by atoms with Crippen LogP contribution in [0, 0.1) is 0 Å². The molecule has 2 aromatic rings. The Morgan fingerprint density at radius 3 is 2.14 bits per heavy atom. The van der Waals surface area contributed by atoms with Crippen molar-refractivity contribution < 1.29 is 9.53 Å². The zero-order valence-electron chi connectivity index (χ0n) is 12.7. The molecule has 0 aliphatic carbocycles. The van der Waals surface area contributed by atoms with Crippen LogP contribution < -0.4 is 5.73 Å². The van der Waals surface area contributed by atoms with Gasteiger partial charge in [0.25, 0.3) is 5.91 Å². The lowest BCUT2D eigenvalue weighted by molar-refractivity contribution is -0.139. The summed E-state index contributed by atoms with van der Waals surface area (Å²) in [5.41, 5.74) is 7.90. The van der Waals surface area contributed by atoms with Gasteiger partial charge in [-0.1, -0.05) is 54.6 Å². The number of rotatable bonds is 4. The average Bonchev–Trinajstić information content (AvgIpc) is 2.45. The van der Waals surface area contributed by atoms with Crippen LogP contribution in [0.3, 0.4) is 0 Å². The molecule has 3 nitrogen and oxygen atoms in total. The molecule has 2 N–H and O–H groups in total. The fraction of sp³-hybridized carbons (Fsp3) is 0.278. The van der Waals surface area contributed by atoms with Crippen LogP contribution in [0.1, 0.15) is 32.4 Å². The monoisotopic (exact) mass is 283 g/mol. The Kier molecular flexibility index (Phi) is 4.43. The highest BCUT2D eigenvalue weighted by molar-refractivity contribution is 5.84. The lowest BCUT2D eigenvalue weighted by Gasteiger charge is -2.27. The van der Waals surface area contributed by atoms with Gasteiger partial charge in [-0.2, -0.15) is 0 Å². The molecule has 0 heterocycles. The van der Waals surface area contributed by atoms with Crippen LogP contribution in [0.15, 0.2) is 54.6 Å². The standard InChI is InChI=1S/C18H21NO2/c1-18(2,3)21-16(17(19)20)15-12-8-7-11-14(15)13-9-5-4-6-10-13/h4-12,16H,1-3H3,(H2,19,20). The molecule has 1 atom stereocenters. The van der Waals surface area contributed by atoms with E-state index in [2.05, 4.69) is 0 Å². The van der Waals surface area contributed by atoms with Gasteiger partial charge in [-0.25, -0.2) is 0 Å². The molecule has 0 aliphatic rings. The van der Waals surface area contributed by atoms with Crippen LogP contribution in [0.2, 0.25) is 0 Å². The van der Waals surface area contributed by atoms with Gasteiger partial charge in [-0.15, -0.1) is 0 Å². The first-order valence-corrected chi connectivity index (χ1v) is 7.00. The maximum atomic E-state index is 11.9. The summed E-state index contributed by atoms with van der Waals surface area (Å²) in [5.74, 6) is -0.478. The first kappa shape index (κ1) is 15.3. The Bertz CT molecular complexity index is 615. The van der Waals surface area contributed by atoms with E-state index in [4.69, 9.17) is 10.5 Å². The second kappa shape index (κ2) is 6.10. The van der Waals surface area contributed by atoms with E-state index in [9.17, 15) is 4.79 Å². The van der Waals surface area contributed by atoms with Gasteiger partial charge in [0, 0.05) is 0 Å². The third-order valence-electron chi connectivity index (χ3n) is 3.06. The van der Waals surface area contributed by atoms with E-state index in [1.165, 1.54) is 0 Å². The number of hydrogen-bond acceptors (Lipinski definition) is 2. The molecule has 1 unspecified atom stereocenters. The summed E-state index contributed by atoms with van der Waals surface area (Å²) >= 11 is 0. The molecule has 2 rings (SSSR count). The van der Waals surface area contributed by atoms with E-state index in [1.807, 2.05) is 75.4 Å². The molecule has 0 radical (unpaired) electrons. The number of primary amides is 1. The molecular weight excluding hydrogens is 262 g/mol. The topological polar surface area (TPSA) is 52.3 Å². The molecule has 0 bridgehead atoms. The molecule has 3 heteroatoms. The van der Waals surface area contributed by atoms with Gasteiger partial charge in [0.1, 0.15) is 0 Å². The third-order valence-corrected chi connectivity index (χ3v) is 3.06. The minimum Gasteiger partial charge on any atom is -0.367 e. The van der Waals surface area contributed by atoms with Crippen molar-refractivity contribution in [1.29, 1.82) is 0 Å². The van der Waals surface area contributed by atoms with Crippen molar-refractivity contribution in [1.82, 2.24) is 0 Å². The van der Waals surface area contributed by atoms with Crippen molar-refractivity contribution in [2.75, 3.05) is 0 Å². The van der Waals surface area contributed by atoms with Crippen LogP contribution in [0.5, 0.6) is 0 Å². The molecule has 0 saturated carbocycles. The van der Waals surface area contributed by atoms with Gasteiger partial charge in [0.2, 0.25) is 0 Å². The van der Waals surface area contributed by atoms with Gasteiger partial charge in [0.15, 0.2) is 6.10 Å². The summed E-state index contributed by atoms with van der Waals surface area (Å²) in [6.45, 7) is 5.73. The number of carbonyl (C=O) groups excluding carboxylic acids is 1. The predicted octanol–water partition coefficient (Wildman–Crippen LogP) is 3.70. The predicted molar refractivity (Wildman–Crippen MR) is 84.7 cm³/mol. The fourth-order valence-electron chi connectivity index (χ4n) is 2.23. The van der Waals surface area contributed by atoms with Crippen molar-refractivity contribution in [2.45, 2.75) is 32.5 Å². The largest absolute Gasteiger partial charge is 0.367 e. The number of ether oxygens (including phenoxy) is 1. The minimum absolute atomic E-state index is 0.455. The lowest BCUT2D eigenvalue weighted by Crippen LogP contribution is -2.31. The van der Waals surface area contributed by atoms with Crippen molar-refractivity contribution in [3.8, 4) is 11.1 Å². The highest BCUT2D eigenvalue weighted by Crippen LogP contribution is 2.32. The Morgan fingerprint density at radius 1 is 1.00 bits per heavy atom. The normalized spacial score (nSPS) is 12.9. The van der Waals surface area contributed by atoms with E-state index in [0.29, 0.717) is 0 Å².